The maximum atomic E-state index is 13.9. The molecule has 0 bridgehead atoms. The summed E-state index contributed by atoms with van der Waals surface area (Å²) >= 11 is 1.16. The van der Waals surface area contributed by atoms with Crippen LogP contribution in [0.2, 0.25) is 0 Å². The number of thiophene rings is 1. The van der Waals surface area contributed by atoms with Crippen LogP contribution < -0.4 is 26.7 Å². The molecule has 0 unspecified atom stereocenters. The monoisotopic (exact) mass is 587 g/mol. The molecule has 0 fully saturated rings. The summed E-state index contributed by atoms with van der Waals surface area (Å²) in [5.74, 6) is -0.414. The van der Waals surface area contributed by atoms with Crippen LogP contribution in [0.25, 0.3) is 10.2 Å². The molecule has 1 amide bonds. The summed E-state index contributed by atoms with van der Waals surface area (Å²) in [6.07, 6.45) is 2.73. The lowest BCUT2D eigenvalue weighted by Crippen LogP contribution is -2.47. The molecular weight excluding hydrogens is 553 g/mol. The topological polar surface area (TPSA) is 175 Å². The Morgan fingerprint density at radius 2 is 2.05 bits per heavy atom. The highest BCUT2D eigenvalue weighted by atomic mass is 32.1. The van der Waals surface area contributed by atoms with Gasteiger partial charge in [-0.05, 0) is 57.9 Å². The first-order valence-electron chi connectivity index (χ1n) is 12.7. The zero-order valence-corrected chi connectivity index (χ0v) is 24.3. The number of hydrazone groups is 1. The van der Waals surface area contributed by atoms with Gasteiger partial charge in [0, 0.05) is 24.4 Å². The number of halogens is 1. The zero-order valence-electron chi connectivity index (χ0n) is 23.5. The number of anilines is 1. The van der Waals surface area contributed by atoms with Gasteiger partial charge in [-0.25, -0.2) is 13.8 Å². The van der Waals surface area contributed by atoms with Gasteiger partial charge >= 0.3 is 5.69 Å². The van der Waals surface area contributed by atoms with Gasteiger partial charge in [-0.1, -0.05) is 11.3 Å². The van der Waals surface area contributed by atoms with Crippen molar-refractivity contribution in [2.75, 3.05) is 19.1 Å². The number of ether oxygens (including phenoxy) is 1. The largest absolute Gasteiger partial charge is 0.496 e. The van der Waals surface area contributed by atoms with Crippen LogP contribution >= 0.6 is 11.3 Å². The molecule has 0 aliphatic carbocycles. The molecule has 0 saturated carbocycles. The van der Waals surface area contributed by atoms with E-state index in [2.05, 4.69) is 15.8 Å². The van der Waals surface area contributed by atoms with E-state index >= 15 is 0 Å². The van der Waals surface area contributed by atoms with Gasteiger partial charge < -0.3 is 20.6 Å². The summed E-state index contributed by atoms with van der Waals surface area (Å²) < 4.78 is 21.6. The Bertz CT molecular complexity index is 1570. The number of fused-ring (bicyclic) bond motifs is 1. The standard InChI is InChI=1S/C24H29FN6O4S.C3H5NO/c1-13(2)28-20(32)15(4)31-22(33)19-14(3)21(29-27-10-9-26)36-23(19)30(24(31)34)11-8-16-12-17(25)6-7-18(16)35-5;4-2-1-3-5/h6-7,9-10,12-13,15,26,29H,8,11H2,1-5H3,(H,28,32);5H,1,3H2/b26-9?,27-10-;/t15-;/m1./s1. The average molecular weight is 588 g/mol. The zero-order chi connectivity index (χ0) is 30.7. The number of aliphatic hydroxyl groups is 1. The van der Waals surface area contributed by atoms with Gasteiger partial charge in [0.1, 0.15) is 27.4 Å². The summed E-state index contributed by atoms with van der Waals surface area (Å²) in [5, 5.41) is 30.0. The third-order valence-corrected chi connectivity index (χ3v) is 7.05. The van der Waals surface area contributed by atoms with Crippen molar-refractivity contribution in [2.24, 2.45) is 5.10 Å². The van der Waals surface area contributed by atoms with Gasteiger partial charge in [0.15, 0.2) is 0 Å². The number of nitrogens with zero attached hydrogens (tertiary/aromatic N) is 4. The maximum Gasteiger partial charge on any atom is 0.332 e. The van der Waals surface area contributed by atoms with Crippen LogP contribution in [0, 0.1) is 29.5 Å². The van der Waals surface area contributed by atoms with Crippen LogP contribution in [-0.4, -0.2) is 52.3 Å². The maximum absolute atomic E-state index is 13.9. The summed E-state index contributed by atoms with van der Waals surface area (Å²) in [5.41, 5.74) is 2.68. The minimum atomic E-state index is -1.06. The molecule has 0 saturated heterocycles. The number of benzene rings is 1. The number of nitriles is 1. The van der Waals surface area contributed by atoms with E-state index in [-0.39, 0.29) is 37.4 Å². The van der Waals surface area contributed by atoms with E-state index in [0.717, 1.165) is 22.1 Å². The van der Waals surface area contributed by atoms with Crippen molar-refractivity contribution in [1.82, 2.24) is 14.5 Å². The molecular formula is C27H34FN7O5S. The molecule has 2 heterocycles. The second-order valence-corrected chi connectivity index (χ2v) is 10.1. The molecule has 41 heavy (non-hydrogen) atoms. The molecule has 4 N–H and O–H groups in total. The third-order valence-electron chi connectivity index (χ3n) is 5.83. The van der Waals surface area contributed by atoms with Crippen LogP contribution in [0.15, 0.2) is 32.9 Å². The van der Waals surface area contributed by atoms with Crippen LogP contribution in [0.4, 0.5) is 9.39 Å². The number of methoxy groups -OCH3 is 1. The van der Waals surface area contributed by atoms with E-state index < -0.39 is 29.0 Å². The van der Waals surface area contributed by atoms with Gasteiger partial charge in [0.2, 0.25) is 5.91 Å². The number of carbonyl (C=O) groups excluding carboxylic acids is 1. The molecule has 0 radical (unpaired) electrons. The van der Waals surface area contributed by atoms with Crippen LogP contribution in [0.1, 0.15) is 44.4 Å². The van der Waals surface area contributed by atoms with E-state index in [9.17, 15) is 18.8 Å². The SMILES string of the molecule is COc1ccc(F)cc1CCn1c(=O)n([C@H](C)C(=O)NC(C)C)c(=O)c2c(C)c(N/N=C\C=N)sc21.N#CCCO. The van der Waals surface area contributed by atoms with Crippen molar-refractivity contribution >= 4 is 44.9 Å². The molecule has 1 aromatic carbocycles. The molecule has 220 valence electrons. The van der Waals surface area contributed by atoms with Gasteiger partial charge in [-0.3, -0.25) is 19.6 Å². The molecule has 14 heteroatoms. The van der Waals surface area contributed by atoms with Crippen LogP contribution in [0.3, 0.4) is 0 Å². The first-order chi connectivity index (χ1) is 19.5. The number of aliphatic hydroxyl groups excluding tert-OH is 1. The molecule has 0 aliphatic heterocycles. The first kappa shape index (κ1) is 32.9. The number of hydrogen-bond donors (Lipinski definition) is 4. The highest BCUT2D eigenvalue weighted by Crippen LogP contribution is 2.33. The van der Waals surface area contributed by atoms with Crippen molar-refractivity contribution in [3.63, 3.8) is 0 Å². The normalized spacial score (nSPS) is 11.6. The predicted octanol–water partition coefficient (Wildman–Crippen LogP) is 2.95. The Balaban J connectivity index is 0.00000108. The van der Waals surface area contributed by atoms with Crippen molar-refractivity contribution in [1.29, 1.82) is 10.7 Å². The van der Waals surface area contributed by atoms with E-state index in [0.29, 0.717) is 26.7 Å². The fourth-order valence-electron chi connectivity index (χ4n) is 3.89. The summed E-state index contributed by atoms with van der Waals surface area (Å²) in [4.78, 5) is 40.3. The highest BCUT2D eigenvalue weighted by molar-refractivity contribution is 7.22. The van der Waals surface area contributed by atoms with Gasteiger partial charge in [0.25, 0.3) is 5.56 Å². The average Bonchev–Trinajstić information content (AvgIpc) is 3.25. The fourth-order valence-corrected chi connectivity index (χ4v) is 5.06. The Labute approximate surface area is 240 Å². The lowest BCUT2D eigenvalue weighted by atomic mass is 10.1. The molecule has 0 aliphatic rings. The van der Waals surface area contributed by atoms with Crippen molar-refractivity contribution in [3.8, 4) is 11.8 Å². The number of carbonyl (C=O) groups is 1. The molecule has 3 aromatic rings. The smallest absolute Gasteiger partial charge is 0.332 e. The lowest BCUT2D eigenvalue weighted by molar-refractivity contribution is -0.124. The van der Waals surface area contributed by atoms with E-state index in [1.165, 1.54) is 43.0 Å². The number of aromatic nitrogens is 2. The number of rotatable bonds is 11. The Morgan fingerprint density at radius 1 is 1.34 bits per heavy atom. The Kier molecular flexibility index (Phi) is 12.4. The van der Waals surface area contributed by atoms with Gasteiger partial charge in [-0.2, -0.15) is 10.4 Å². The van der Waals surface area contributed by atoms with Gasteiger partial charge in [-0.15, -0.1) is 0 Å². The Hall–Kier alpha value is -4.35. The number of aryl methyl sites for hydroxylation is 3. The van der Waals surface area contributed by atoms with Crippen LogP contribution in [0.5, 0.6) is 5.75 Å². The van der Waals surface area contributed by atoms with Crippen molar-refractivity contribution in [2.45, 2.75) is 59.2 Å². The van der Waals surface area contributed by atoms with E-state index in [1.807, 2.05) is 0 Å². The summed E-state index contributed by atoms with van der Waals surface area (Å²) in [6, 6.07) is 4.68. The second kappa shape index (κ2) is 15.4. The number of nitrogens with one attached hydrogen (secondary N) is 3. The van der Waals surface area contributed by atoms with Crippen LogP contribution in [-0.2, 0) is 17.8 Å². The molecule has 12 nitrogen and oxygen atoms in total. The molecule has 1 atom stereocenters. The van der Waals surface area contributed by atoms with E-state index in [1.54, 1.807) is 26.8 Å². The second-order valence-electron chi connectivity index (χ2n) is 9.08. The molecule has 3 rings (SSSR count). The quantitative estimate of drug-likeness (QED) is 0.197. The minimum Gasteiger partial charge on any atom is -0.496 e. The summed E-state index contributed by atoms with van der Waals surface area (Å²) in [7, 11) is 1.48. The van der Waals surface area contributed by atoms with E-state index in [4.69, 9.17) is 20.5 Å². The lowest BCUT2D eigenvalue weighted by Gasteiger charge is -2.19. The first-order valence-corrected chi connectivity index (χ1v) is 13.5. The van der Waals surface area contributed by atoms with Crippen molar-refractivity contribution < 1.29 is 19.0 Å². The minimum absolute atomic E-state index is 0.0174. The third kappa shape index (κ3) is 8.09. The molecule has 0 spiro atoms. The number of hydrogen-bond acceptors (Lipinski definition) is 10. The predicted molar refractivity (Wildman–Crippen MR) is 158 cm³/mol. The highest BCUT2D eigenvalue weighted by Gasteiger charge is 2.26. The summed E-state index contributed by atoms with van der Waals surface area (Å²) in [6.45, 7) is 6.89. The van der Waals surface area contributed by atoms with Gasteiger partial charge in [0.05, 0.1) is 37.8 Å². The van der Waals surface area contributed by atoms with Crippen molar-refractivity contribution in [3.05, 3.63) is 56.0 Å². The number of amides is 1. The Morgan fingerprint density at radius 3 is 2.61 bits per heavy atom. The fraction of sp³-hybridized carbons (Fsp3) is 0.407. The molecule has 2 aromatic heterocycles.